The van der Waals surface area contributed by atoms with Crippen LogP contribution in [-0.4, -0.2) is 53.8 Å². The van der Waals surface area contributed by atoms with Crippen molar-refractivity contribution in [2.75, 3.05) is 19.7 Å². The minimum Gasteiger partial charge on any atom is -0.481 e. The smallest absolute Gasteiger partial charge is 0.409 e. The van der Waals surface area contributed by atoms with Gasteiger partial charge in [0.05, 0.1) is 12.5 Å². The third kappa shape index (κ3) is 4.59. The molecule has 0 aromatic heterocycles. The molecule has 6 nitrogen and oxygen atoms in total. The Hall–Kier alpha value is -1.30. The summed E-state index contributed by atoms with van der Waals surface area (Å²) in [7, 11) is 0. The molecule has 0 aromatic rings. The Kier molecular flexibility index (Phi) is 5.85. The first-order chi connectivity index (χ1) is 10.1. The maximum absolute atomic E-state index is 11.6. The number of hydrogen-bond donors (Lipinski definition) is 2. The minimum absolute atomic E-state index is 0.198. The monoisotopic (exact) mass is 298 g/mol. The molecule has 0 bridgehead atoms. The number of rotatable bonds is 4. The quantitative estimate of drug-likeness (QED) is 0.828. The van der Waals surface area contributed by atoms with Crippen molar-refractivity contribution in [2.24, 2.45) is 5.92 Å². The molecule has 6 heteroatoms. The van der Waals surface area contributed by atoms with Crippen molar-refractivity contribution in [3.05, 3.63) is 0 Å². The number of nitrogens with zero attached hydrogens (tertiary/aromatic N) is 1. The average molecular weight is 298 g/mol. The maximum Gasteiger partial charge on any atom is 0.409 e. The van der Waals surface area contributed by atoms with E-state index in [1.165, 1.54) is 0 Å². The lowest BCUT2D eigenvalue weighted by atomic mass is 9.85. The first-order valence-electron chi connectivity index (χ1n) is 8.00. The molecule has 1 saturated carbocycles. The number of ether oxygens (including phenoxy) is 1. The zero-order chi connectivity index (χ0) is 15.2. The van der Waals surface area contributed by atoms with Gasteiger partial charge in [-0.1, -0.05) is 6.42 Å². The molecule has 2 aliphatic rings. The second-order valence-electron chi connectivity index (χ2n) is 6.03. The molecule has 2 N–H and O–H groups in total. The summed E-state index contributed by atoms with van der Waals surface area (Å²) < 4.78 is 5.01. The van der Waals surface area contributed by atoms with Gasteiger partial charge in [0.1, 0.15) is 0 Å². The van der Waals surface area contributed by atoms with E-state index in [4.69, 9.17) is 9.84 Å². The van der Waals surface area contributed by atoms with E-state index in [9.17, 15) is 9.59 Å². The first-order valence-corrected chi connectivity index (χ1v) is 8.00. The predicted molar refractivity (Wildman–Crippen MR) is 78.1 cm³/mol. The Morgan fingerprint density at radius 2 is 1.90 bits per heavy atom. The molecule has 0 aromatic carbocycles. The van der Waals surface area contributed by atoms with Gasteiger partial charge >= 0.3 is 12.1 Å². The van der Waals surface area contributed by atoms with Gasteiger partial charge in [-0.05, 0) is 39.0 Å². The summed E-state index contributed by atoms with van der Waals surface area (Å²) in [4.78, 5) is 24.5. The average Bonchev–Trinajstić information content (AvgIpc) is 2.48. The van der Waals surface area contributed by atoms with Crippen LogP contribution in [0.5, 0.6) is 0 Å². The van der Waals surface area contributed by atoms with Crippen LogP contribution in [0.15, 0.2) is 0 Å². The lowest BCUT2D eigenvalue weighted by molar-refractivity contribution is -0.143. The Labute approximate surface area is 125 Å². The van der Waals surface area contributed by atoms with Crippen molar-refractivity contribution >= 4 is 12.1 Å². The molecular weight excluding hydrogens is 272 g/mol. The zero-order valence-electron chi connectivity index (χ0n) is 12.7. The number of hydrogen-bond acceptors (Lipinski definition) is 4. The highest BCUT2D eigenvalue weighted by Crippen LogP contribution is 2.25. The van der Waals surface area contributed by atoms with Gasteiger partial charge in [-0.25, -0.2) is 4.79 Å². The van der Waals surface area contributed by atoms with Gasteiger partial charge in [0.2, 0.25) is 0 Å². The van der Waals surface area contributed by atoms with Gasteiger partial charge in [-0.15, -0.1) is 0 Å². The predicted octanol–water partition coefficient (Wildman–Crippen LogP) is 1.84. The largest absolute Gasteiger partial charge is 0.481 e. The van der Waals surface area contributed by atoms with Gasteiger partial charge in [-0.3, -0.25) is 4.79 Å². The van der Waals surface area contributed by atoms with Gasteiger partial charge in [0.25, 0.3) is 0 Å². The van der Waals surface area contributed by atoms with Crippen LogP contribution in [0, 0.1) is 5.92 Å². The van der Waals surface area contributed by atoms with E-state index in [-0.39, 0.29) is 12.0 Å². The van der Waals surface area contributed by atoms with Gasteiger partial charge in [0, 0.05) is 25.2 Å². The summed E-state index contributed by atoms with van der Waals surface area (Å²) in [6.45, 7) is 3.65. The van der Waals surface area contributed by atoms with E-state index in [0.29, 0.717) is 31.8 Å². The number of carbonyl (C=O) groups excluding carboxylic acids is 1. The first kappa shape index (κ1) is 16.1. The van der Waals surface area contributed by atoms with Crippen LogP contribution in [0.3, 0.4) is 0 Å². The van der Waals surface area contributed by atoms with Crippen LogP contribution in [0.4, 0.5) is 4.79 Å². The van der Waals surface area contributed by atoms with Crippen molar-refractivity contribution in [2.45, 2.75) is 57.5 Å². The molecule has 1 heterocycles. The maximum atomic E-state index is 11.6. The number of aliphatic carboxylic acids is 1. The number of carboxylic acid groups (broad SMARTS) is 1. The standard InChI is InChI=1S/C15H26N2O4/c1-2-21-15(20)17-8-6-12(7-9-17)16-13-5-3-4-11(10-13)14(18)19/h11-13,16H,2-10H2,1H3,(H,18,19). The summed E-state index contributed by atoms with van der Waals surface area (Å²) in [6.07, 6.45) is 5.17. The van der Waals surface area contributed by atoms with Crippen molar-refractivity contribution in [1.29, 1.82) is 0 Å². The van der Waals surface area contributed by atoms with Crippen LogP contribution in [0.25, 0.3) is 0 Å². The highest BCUT2D eigenvalue weighted by molar-refractivity contribution is 5.70. The molecule has 2 fully saturated rings. The molecule has 0 spiro atoms. The Morgan fingerprint density at radius 3 is 2.52 bits per heavy atom. The van der Waals surface area contributed by atoms with Crippen molar-refractivity contribution in [3.8, 4) is 0 Å². The number of likely N-dealkylation sites (tertiary alicyclic amines) is 1. The van der Waals surface area contributed by atoms with Crippen LogP contribution in [0.2, 0.25) is 0 Å². The highest BCUT2D eigenvalue weighted by atomic mass is 16.6. The third-order valence-electron chi connectivity index (χ3n) is 4.52. The molecule has 120 valence electrons. The second kappa shape index (κ2) is 7.64. The summed E-state index contributed by atoms with van der Waals surface area (Å²) in [5, 5.41) is 12.7. The Bertz CT molecular complexity index is 367. The summed E-state index contributed by atoms with van der Waals surface area (Å²) in [5.74, 6) is -0.866. The molecule has 1 amide bonds. The van der Waals surface area contributed by atoms with Gasteiger partial charge < -0.3 is 20.1 Å². The fourth-order valence-electron chi connectivity index (χ4n) is 3.34. The fourth-order valence-corrected chi connectivity index (χ4v) is 3.34. The van der Waals surface area contributed by atoms with Gasteiger partial charge in [0.15, 0.2) is 0 Å². The van der Waals surface area contributed by atoms with Crippen LogP contribution < -0.4 is 5.32 Å². The fraction of sp³-hybridized carbons (Fsp3) is 0.867. The molecule has 21 heavy (non-hydrogen) atoms. The second-order valence-corrected chi connectivity index (χ2v) is 6.03. The van der Waals surface area contributed by atoms with E-state index < -0.39 is 5.97 Å². The number of piperidine rings is 1. The van der Waals surface area contributed by atoms with E-state index in [0.717, 1.165) is 38.5 Å². The lowest BCUT2D eigenvalue weighted by Gasteiger charge is -2.36. The number of nitrogens with one attached hydrogen (secondary N) is 1. The molecular formula is C15H26N2O4. The lowest BCUT2D eigenvalue weighted by Crippen LogP contribution is -2.49. The Morgan fingerprint density at radius 1 is 1.19 bits per heavy atom. The van der Waals surface area contributed by atoms with Crippen LogP contribution >= 0.6 is 0 Å². The molecule has 2 rings (SSSR count). The van der Waals surface area contributed by atoms with Crippen molar-refractivity contribution < 1.29 is 19.4 Å². The number of amides is 1. The molecule has 1 saturated heterocycles. The van der Waals surface area contributed by atoms with E-state index >= 15 is 0 Å². The molecule has 2 atom stereocenters. The van der Waals surface area contributed by atoms with Gasteiger partial charge in [-0.2, -0.15) is 0 Å². The van der Waals surface area contributed by atoms with Crippen LogP contribution in [0.1, 0.15) is 45.4 Å². The van der Waals surface area contributed by atoms with Crippen molar-refractivity contribution in [3.63, 3.8) is 0 Å². The van der Waals surface area contributed by atoms with Crippen molar-refractivity contribution in [1.82, 2.24) is 10.2 Å². The number of carboxylic acids is 1. The normalized spacial score (nSPS) is 27.4. The zero-order valence-corrected chi connectivity index (χ0v) is 12.7. The van der Waals surface area contributed by atoms with Crippen LogP contribution in [-0.2, 0) is 9.53 Å². The summed E-state index contributed by atoms with van der Waals surface area (Å²) in [6, 6.07) is 0.687. The molecule has 0 radical (unpaired) electrons. The highest BCUT2D eigenvalue weighted by Gasteiger charge is 2.30. The molecule has 2 unspecified atom stereocenters. The topological polar surface area (TPSA) is 78.9 Å². The van der Waals surface area contributed by atoms with E-state index in [1.54, 1.807) is 4.90 Å². The van der Waals surface area contributed by atoms with E-state index in [1.807, 2.05) is 6.92 Å². The number of carbonyl (C=O) groups is 2. The van der Waals surface area contributed by atoms with E-state index in [2.05, 4.69) is 5.32 Å². The summed E-state index contributed by atoms with van der Waals surface area (Å²) in [5.41, 5.74) is 0. The minimum atomic E-state index is -0.668. The molecule has 1 aliphatic carbocycles. The third-order valence-corrected chi connectivity index (χ3v) is 4.52. The Balaban J connectivity index is 1.73. The molecule has 1 aliphatic heterocycles. The summed E-state index contributed by atoms with van der Waals surface area (Å²) >= 11 is 0. The SMILES string of the molecule is CCOC(=O)N1CCC(NC2CCCC(C(=O)O)C2)CC1.